The number of rotatable bonds is 1. The quantitative estimate of drug-likeness (QED) is 0.804. The van der Waals surface area contributed by atoms with Crippen LogP contribution in [-0.2, 0) is 12.6 Å². The van der Waals surface area contributed by atoms with Crippen LogP contribution in [0.1, 0.15) is 11.1 Å². The van der Waals surface area contributed by atoms with Crippen molar-refractivity contribution >= 4 is 0 Å². The Morgan fingerprint density at radius 3 is 2.75 bits per heavy atom. The molecular formula is C11H11F3O2. The summed E-state index contributed by atoms with van der Waals surface area (Å²) in [5, 5.41) is 8.94. The van der Waals surface area contributed by atoms with E-state index in [0.29, 0.717) is 24.3 Å². The van der Waals surface area contributed by atoms with Gasteiger partial charge in [0.15, 0.2) is 0 Å². The Morgan fingerprint density at radius 2 is 2.12 bits per heavy atom. The highest BCUT2D eigenvalue weighted by atomic mass is 19.4. The van der Waals surface area contributed by atoms with Gasteiger partial charge in [0.2, 0.25) is 0 Å². The topological polar surface area (TPSA) is 29.5 Å². The lowest BCUT2D eigenvalue weighted by atomic mass is 9.96. The van der Waals surface area contributed by atoms with Gasteiger partial charge in [-0.05, 0) is 30.2 Å². The van der Waals surface area contributed by atoms with Crippen molar-refractivity contribution in [1.82, 2.24) is 0 Å². The Balaban J connectivity index is 2.31. The molecular weight excluding hydrogens is 221 g/mol. The van der Waals surface area contributed by atoms with Crippen molar-refractivity contribution in [3.63, 3.8) is 0 Å². The summed E-state index contributed by atoms with van der Waals surface area (Å²) in [4.78, 5) is 0. The van der Waals surface area contributed by atoms with Crippen LogP contribution in [0.25, 0.3) is 0 Å². The second kappa shape index (κ2) is 3.97. The van der Waals surface area contributed by atoms with Crippen LogP contribution in [-0.4, -0.2) is 18.3 Å². The van der Waals surface area contributed by atoms with Gasteiger partial charge in [0.25, 0.3) is 0 Å². The van der Waals surface area contributed by atoms with E-state index >= 15 is 0 Å². The van der Waals surface area contributed by atoms with E-state index in [1.165, 1.54) is 6.07 Å². The maximum atomic E-state index is 12.4. The summed E-state index contributed by atoms with van der Waals surface area (Å²) in [5.41, 5.74) is -0.159. The predicted molar refractivity (Wildman–Crippen MR) is 51.2 cm³/mol. The zero-order valence-corrected chi connectivity index (χ0v) is 8.42. The predicted octanol–water partition coefficient (Wildman–Crippen LogP) is 2.25. The molecule has 0 saturated carbocycles. The van der Waals surface area contributed by atoms with E-state index in [2.05, 4.69) is 0 Å². The van der Waals surface area contributed by atoms with Gasteiger partial charge in [-0.3, -0.25) is 0 Å². The van der Waals surface area contributed by atoms with Crippen LogP contribution in [0.5, 0.6) is 5.75 Å². The van der Waals surface area contributed by atoms with Gasteiger partial charge in [0, 0.05) is 12.5 Å². The molecule has 1 heterocycles. The highest BCUT2D eigenvalue weighted by Crippen LogP contribution is 2.35. The first-order chi connectivity index (χ1) is 7.50. The third kappa shape index (κ3) is 2.14. The van der Waals surface area contributed by atoms with E-state index in [9.17, 15) is 13.2 Å². The number of fused-ring (bicyclic) bond motifs is 1. The van der Waals surface area contributed by atoms with E-state index < -0.39 is 11.7 Å². The largest absolute Gasteiger partial charge is 0.493 e. The summed E-state index contributed by atoms with van der Waals surface area (Å²) < 4.78 is 42.6. The van der Waals surface area contributed by atoms with Gasteiger partial charge >= 0.3 is 6.18 Å². The molecule has 1 N–H and O–H groups in total. The van der Waals surface area contributed by atoms with Gasteiger partial charge in [0.1, 0.15) is 5.75 Å². The molecule has 0 fully saturated rings. The van der Waals surface area contributed by atoms with Crippen LogP contribution >= 0.6 is 0 Å². The first-order valence-electron chi connectivity index (χ1n) is 4.94. The summed E-state index contributed by atoms with van der Waals surface area (Å²) in [7, 11) is 0. The molecule has 5 heteroatoms. The lowest BCUT2D eigenvalue weighted by Crippen LogP contribution is -2.24. The van der Waals surface area contributed by atoms with Crippen LogP contribution in [0.15, 0.2) is 18.2 Å². The van der Waals surface area contributed by atoms with Crippen LogP contribution in [0, 0.1) is 5.92 Å². The third-order valence-electron chi connectivity index (χ3n) is 2.63. The standard InChI is InChI=1S/C11H11F3O2/c12-11(13,14)9-1-2-10-8(4-9)3-7(5-15)6-16-10/h1-2,4,7,15H,3,5-6H2. The van der Waals surface area contributed by atoms with Gasteiger partial charge in [-0.15, -0.1) is 0 Å². The van der Waals surface area contributed by atoms with Crippen molar-refractivity contribution in [2.75, 3.05) is 13.2 Å². The molecule has 1 unspecified atom stereocenters. The number of hydrogen-bond acceptors (Lipinski definition) is 2. The Labute approximate surface area is 90.7 Å². The second-order valence-electron chi connectivity index (χ2n) is 3.88. The number of halogens is 3. The zero-order valence-electron chi connectivity index (χ0n) is 8.42. The average Bonchev–Trinajstić information content (AvgIpc) is 2.26. The van der Waals surface area contributed by atoms with Crippen LogP contribution in [0.3, 0.4) is 0 Å². The maximum absolute atomic E-state index is 12.4. The fourth-order valence-corrected chi connectivity index (χ4v) is 1.75. The molecule has 1 aromatic rings. The molecule has 88 valence electrons. The molecule has 1 aliphatic rings. The van der Waals surface area contributed by atoms with E-state index in [0.717, 1.165) is 12.1 Å². The molecule has 0 saturated heterocycles. The minimum absolute atomic E-state index is 0.0737. The third-order valence-corrected chi connectivity index (χ3v) is 2.63. The normalized spacial score (nSPS) is 20.1. The van der Waals surface area contributed by atoms with Crippen LogP contribution in [0.4, 0.5) is 13.2 Å². The molecule has 0 amide bonds. The Hall–Kier alpha value is -1.23. The summed E-state index contributed by atoms with van der Waals surface area (Å²) in [6.07, 6.45) is -3.91. The van der Waals surface area contributed by atoms with Crippen molar-refractivity contribution in [2.45, 2.75) is 12.6 Å². The molecule has 2 rings (SSSR count). The lowest BCUT2D eigenvalue weighted by molar-refractivity contribution is -0.137. The summed E-state index contributed by atoms with van der Waals surface area (Å²) in [5.74, 6) is 0.369. The molecule has 1 aromatic carbocycles. The first-order valence-corrected chi connectivity index (χ1v) is 4.94. The van der Waals surface area contributed by atoms with Crippen molar-refractivity contribution < 1.29 is 23.0 Å². The van der Waals surface area contributed by atoms with Gasteiger partial charge in [-0.2, -0.15) is 13.2 Å². The highest BCUT2D eigenvalue weighted by Gasteiger charge is 2.32. The molecule has 0 aliphatic carbocycles. The van der Waals surface area contributed by atoms with Gasteiger partial charge in [-0.1, -0.05) is 0 Å². The zero-order chi connectivity index (χ0) is 11.8. The van der Waals surface area contributed by atoms with Crippen molar-refractivity contribution in [1.29, 1.82) is 0 Å². The summed E-state index contributed by atoms with van der Waals surface area (Å²) >= 11 is 0. The number of aliphatic hydroxyl groups is 1. The van der Waals surface area contributed by atoms with Crippen LogP contribution in [0.2, 0.25) is 0 Å². The second-order valence-corrected chi connectivity index (χ2v) is 3.88. The van der Waals surface area contributed by atoms with Crippen molar-refractivity contribution in [2.24, 2.45) is 5.92 Å². The number of aliphatic hydroxyl groups excluding tert-OH is 1. The molecule has 0 bridgehead atoms. The number of alkyl halides is 3. The van der Waals surface area contributed by atoms with Crippen molar-refractivity contribution in [3.05, 3.63) is 29.3 Å². The van der Waals surface area contributed by atoms with E-state index in [-0.39, 0.29) is 12.5 Å². The minimum atomic E-state index is -4.33. The van der Waals surface area contributed by atoms with E-state index in [4.69, 9.17) is 9.84 Å². The molecule has 0 radical (unpaired) electrons. The monoisotopic (exact) mass is 232 g/mol. The summed E-state index contributed by atoms with van der Waals surface area (Å²) in [6, 6.07) is 3.45. The molecule has 0 aromatic heterocycles. The molecule has 0 spiro atoms. The molecule has 16 heavy (non-hydrogen) atoms. The minimum Gasteiger partial charge on any atom is -0.493 e. The lowest BCUT2D eigenvalue weighted by Gasteiger charge is -2.24. The van der Waals surface area contributed by atoms with Gasteiger partial charge in [0.05, 0.1) is 12.2 Å². The Morgan fingerprint density at radius 1 is 1.38 bits per heavy atom. The van der Waals surface area contributed by atoms with E-state index in [1.807, 2.05) is 0 Å². The maximum Gasteiger partial charge on any atom is 0.416 e. The number of ether oxygens (including phenoxy) is 1. The molecule has 1 atom stereocenters. The first kappa shape index (κ1) is 11.3. The fourth-order valence-electron chi connectivity index (χ4n) is 1.75. The number of benzene rings is 1. The SMILES string of the molecule is OCC1COc2ccc(C(F)(F)F)cc2C1. The van der Waals surface area contributed by atoms with Gasteiger partial charge < -0.3 is 9.84 Å². The summed E-state index contributed by atoms with van der Waals surface area (Å²) in [6.45, 7) is 0.282. The number of hydrogen-bond donors (Lipinski definition) is 1. The molecule has 2 nitrogen and oxygen atoms in total. The van der Waals surface area contributed by atoms with Crippen molar-refractivity contribution in [3.8, 4) is 5.75 Å². The smallest absolute Gasteiger partial charge is 0.416 e. The van der Waals surface area contributed by atoms with Crippen LogP contribution < -0.4 is 4.74 Å². The van der Waals surface area contributed by atoms with Gasteiger partial charge in [-0.25, -0.2) is 0 Å². The Bertz CT molecular complexity index is 387. The fraction of sp³-hybridized carbons (Fsp3) is 0.455. The average molecular weight is 232 g/mol. The molecule has 1 aliphatic heterocycles. The highest BCUT2D eigenvalue weighted by molar-refractivity contribution is 5.39. The Kier molecular flexibility index (Phi) is 2.80. The van der Waals surface area contributed by atoms with E-state index in [1.54, 1.807) is 0 Å².